The van der Waals surface area contributed by atoms with E-state index >= 15 is 0 Å². The molecule has 0 radical (unpaired) electrons. The number of nitrogens with zero attached hydrogens (tertiary/aromatic N) is 1. The Hall–Kier alpha value is -3.55. The molecule has 0 bridgehead atoms. The van der Waals surface area contributed by atoms with E-state index in [4.69, 9.17) is 21.1 Å². The maximum absolute atomic E-state index is 13.8. The quantitative estimate of drug-likeness (QED) is 0.0327. The maximum atomic E-state index is 13.8. The lowest BCUT2D eigenvalue weighted by Gasteiger charge is -2.27. The summed E-state index contributed by atoms with van der Waals surface area (Å²) in [6.45, 7) is 15.5. The van der Waals surface area contributed by atoms with Gasteiger partial charge in [-0.1, -0.05) is 62.9 Å². The van der Waals surface area contributed by atoms with Crippen LogP contribution in [-0.4, -0.2) is 83.1 Å². The molecule has 0 aliphatic rings. The highest BCUT2D eigenvalue weighted by Gasteiger charge is 2.52. The van der Waals surface area contributed by atoms with Gasteiger partial charge in [-0.25, -0.2) is 8.78 Å². The van der Waals surface area contributed by atoms with Gasteiger partial charge in [-0.05, 0) is 43.7 Å². The molecule has 0 heterocycles. The van der Waals surface area contributed by atoms with Crippen LogP contribution < -0.4 is 5.32 Å². The fourth-order valence-electron chi connectivity index (χ4n) is 2.72. The van der Waals surface area contributed by atoms with Gasteiger partial charge < -0.3 is 24.6 Å². The van der Waals surface area contributed by atoms with E-state index in [1.807, 2.05) is 26.1 Å². The number of rotatable bonds is 16. The van der Waals surface area contributed by atoms with E-state index < -0.39 is 37.3 Å². The molecule has 7 nitrogen and oxygen atoms in total. The van der Waals surface area contributed by atoms with E-state index in [-0.39, 0.29) is 34.4 Å². The van der Waals surface area contributed by atoms with Crippen LogP contribution in [-0.2, 0) is 19.0 Å². The van der Waals surface area contributed by atoms with E-state index in [0.29, 0.717) is 18.8 Å². The van der Waals surface area contributed by atoms with Crippen molar-refractivity contribution in [2.24, 2.45) is 4.99 Å². The Balaban J connectivity index is -0.00000116. The molecule has 0 aromatic heterocycles. The number of ether oxygens (including phenoxy) is 3. The third-order valence-corrected chi connectivity index (χ3v) is 4.76. The van der Waals surface area contributed by atoms with Crippen molar-refractivity contribution in [2.75, 3.05) is 48.2 Å². The van der Waals surface area contributed by atoms with Crippen molar-refractivity contribution in [3.8, 4) is 0 Å². The largest absolute Gasteiger partial charge is 0.497 e. The van der Waals surface area contributed by atoms with Crippen molar-refractivity contribution in [2.45, 2.75) is 45.9 Å². The average Bonchev–Trinajstić information content (AvgIpc) is 2.99. The standard InChI is InChI=1S/C26H32ClF5N2O5.C3H6.C2H6.CH3F/c1-17(13-18(2)27)23(33-4)21(38-6)10-7-11-25(36,26(30,31)32)16-34-24(35)20(14-19(3)37-5)9-8-12-39-15-22(28)29;1-3-2;2*1-2/h7-11,13-14,22,36H,2-3,12,15-16H2,1,4-6H3,(H,34,35);3H,1H2,2H3;1-2H3;1H3/b9-8-,11-7+,17-13+,20-14+,21-10+,33-23?;;;. The number of hydrogen-bond donors (Lipinski definition) is 2. The van der Waals surface area contributed by atoms with Crippen molar-refractivity contribution in [3.05, 3.63) is 96.0 Å². The molecule has 14 heteroatoms. The van der Waals surface area contributed by atoms with Crippen LogP contribution in [0, 0.1) is 0 Å². The Kier molecular flexibility index (Phi) is 31.0. The minimum atomic E-state index is -5.19. The first-order valence-corrected chi connectivity index (χ1v) is 13.8. The van der Waals surface area contributed by atoms with E-state index in [1.165, 1.54) is 33.4 Å². The van der Waals surface area contributed by atoms with Crippen molar-refractivity contribution >= 4 is 23.2 Å². The van der Waals surface area contributed by atoms with Gasteiger partial charge in [-0.15, -0.1) is 6.58 Å². The first kappa shape index (κ1) is 49.3. The molecule has 1 unspecified atom stereocenters. The third kappa shape index (κ3) is 22.9. The van der Waals surface area contributed by atoms with E-state index in [9.17, 15) is 36.2 Å². The van der Waals surface area contributed by atoms with Gasteiger partial charge in [0.05, 0.1) is 34.5 Å². The van der Waals surface area contributed by atoms with Crippen LogP contribution in [0.4, 0.5) is 26.3 Å². The summed E-state index contributed by atoms with van der Waals surface area (Å²) in [6, 6.07) is 0. The zero-order chi connectivity index (χ0) is 36.9. The molecular weight excluding hydrogens is 642 g/mol. The number of aliphatic imine (C=N–C) groups is 1. The van der Waals surface area contributed by atoms with Crippen molar-refractivity contribution in [1.29, 1.82) is 0 Å². The molecule has 0 saturated carbocycles. The Morgan fingerprint density at radius 2 is 1.65 bits per heavy atom. The monoisotopic (exact) mass is 688 g/mol. The Morgan fingerprint density at radius 3 is 2.07 bits per heavy atom. The average molecular weight is 689 g/mol. The minimum absolute atomic E-state index is 0.0167. The van der Waals surface area contributed by atoms with Gasteiger partial charge in [-0.2, -0.15) is 13.2 Å². The molecule has 0 fully saturated rings. The second-order valence-electron chi connectivity index (χ2n) is 8.05. The van der Waals surface area contributed by atoms with E-state index in [2.05, 4.69) is 29.5 Å². The number of carbonyl (C=O) groups is 1. The first-order chi connectivity index (χ1) is 21.5. The first-order valence-electron chi connectivity index (χ1n) is 13.5. The number of amides is 1. The van der Waals surface area contributed by atoms with Crippen LogP contribution in [0.15, 0.2) is 101 Å². The van der Waals surface area contributed by atoms with Crippen LogP contribution >= 0.6 is 11.6 Å². The predicted molar refractivity (Wildman–Crippen MR) is 175 cm³/mol. The van der Waals surface area contributed by atoms with Crippen LogP contribution in [0.3, 0.4) is 0 Å². The number of methoxy groups -OCH3 is 2. The molecule has 0 saturated heterocycles. The topological polar surface area (TPSA) is 89.4 Å². The summed E-state index contributed by atoms with van der Waals surface area (Å²) in [5, 5.41) is 12.6. The molecule has 0 aliphatic carbocycles. The molecule has 1 amide bonds. The molecule has 0 aromatic rings. The predicted octanol–water partition coefficient (Wildman–Crippen LogP) is 7.98. The molecule has 0 spiro atoms. The Labute approximate surface area is 274 Å². The van der Waals surface area contributed by atoms with Gasteiger partial charge in [0.2, 0.25) is 0 Å². The Bertz CT molecular complexity index is 1100. The number of halogens is 7. The van der Waals surface area contributed by atoms with Crippen molar-refractivity contribution in [1.82, 2.24) is 5.32 Å². The number of allylic oxidation sites excluding steroid dienone is 7. The van der Waals surface area contributed by atoms with Gasteiger partial charge in [0.25, 0.3) is 12.3 Å². The normalized spacial score (nSPS) is 13.8. The second-order valence-corrected chi connectivity index (χ2v) is 8.54. The highest BCUT2D eigenvalue weighted by atomic mass is 35.5. The zero-order valence-electron chi connectivity index (χ0n) is 27.6. The van der Waals surface area contributed by atoms with Gasteiger partial charge in [-0.3, -0.25) is 14.2 Å². The summed E-state index contributed by atoms with van der Waals surface area (Å²) in [4.78, 5) is 16.6. The molecule has 264 valence electrons. The van der Waals surface area contributed by atoms with E-state index in [0.717, 1.165) is 24.3 Å². The van der Waals surface area contributed by atoms with Gasteiger partial charge in [0.15, 0.2) is 5.60 Å². The number of carbonyl (C=O) groups excluding carboxylic acids is 1. The summed E-state index contributed by atoms with van der Waals surface area (Å²) >= 11 is 5.76. The number of alkyl halides is 6. The zero-order valence-corrected chi connectivity index (χ0v) is 28.4. The summed E-state index contributed by atoms with van der Waals surface area (Å²) in [5.74, 6) is -0.988. The highest BCUT2D eigenvalue weighted by molar-refractivity contribution is 6.31. The molecule has 0 aliphatic heterocycles. The third-order valence-electron chi connectivity index (χ3n) is 4.65. The van der Waals surface area contributed by atoms with Crippen LogP contribution in [0.1, 0.15) is 27.7 Å². The minimum Gasteiger partial charge on any atom is -0.497 e. The molecule has 46 heavy (non-hydrogen) atoms. The SMILES string of the molecule is C=C(Cl)/C=C(\C)C(=NC)/C(=C\C=C\C(O)(CNC(=O)C(/C=C\COCC(F)F)=C/C(=C)OC)C(F)(F)F)OC.C=CC.CC.CF. The summed E-state index contributed by atoms with van der Waals surface area (Å²) in [7, 11) is 4.46. The fraction of sp³-hybridized carbons (Fsp3) is 0.438. The summed E-state index contributed by atoms with van der Waals surface area (Å²) in [6.07, 6.45) is 1.25. The fourth-order valence-corrected chi connectivity index (χ4v) is 2.88. The van der Waals surface area contributed by atoms with Gasteiger partial charge >= 0.3 is 6.18 Å². The second kappa shape index (κ2) is 28.9. The molecule has 1 atom stereocenters. The Morgan fingerprint density at radius 1 is 1.11 bits per heavy atom. The van der Waals surface area contributed by atoms with Crippen LogP contribution in [0.2, 0.25) is 0 Å². The molecule has 2 N–H and O–H groups in total. The maximum Gasteiger partial charge on any atom is 0.422 e. The van der Waals surface area contributed by atoms with Crippen LogP contribution in [0.25, 0.3) is 0 Å². The lowest BCUT2D eigenvalue weighted by atomic mass is 10.0. The van der Waals surface area contributed by atoms with E-state index in [1.54, 1.807) is 13.0 Å². The summed E-state index contributed by atoms with van der Waals surface area (Å²) in [5.41, 5.74) is -2.93. The van der Waals surface area contributed by atoms with Gasteiger partial charge in [0, 0.05) is 17.7 Å². The van der Waals surface area contributed by atoms with Crippen LogP contribution in [0.5, 0.6) is 0 Å². The lowest BCUT2D eigenvalue weighted by Crippen LogP contribution is -2.52. The van der Waals surface area contributed by atoms with Crippen molar-refractivity contribution < 1.29 is 50.5 Å². The van der Waals surface area contributed by atoms with Crippen molar-refractivity contribution in [3.63, 3.8) is 0 Å². The molecule has 0 aromatic carbocycles. The molecular formula is C32H47ClF6N2O5. The smallest absolute Gasteiger partial charge is 0.422 e. The lowest BCUT2D eigenvalue weighted by molar-refractivity contribution is -0.237. The van der Waals surface area contributed by atoms with Gasteiger partial charge in [0.1, 0.15) is 23.8 Å². The highest BCUT2D eigenvalue weighted by Crippen LogP contribution is 2.31. The summed E-state index contributed by atoms with van der Waals surface area (Å²) < 4.78 is 89.9. The molecule has 0 rings (SSSR count). The number of hydrogen-bond acceptors (Lipinski definition) is 6. The number of aliphatic hydroxyl groups is 1. The number of nitrogens with one attached hydrogen (secondary N) is 1.